The zero-order valence-electron chi connectivity index (χ0n) is 11.5. The van der Waals surface area contributed by atoms with E-state index in [0.29, 0.717) is 29.0 Å². The maximum atomic E-state index is 11.8. The fraction of sp³-hybridized carbons (Fsp3) is 0.125. The first kappa shape index (κ1) is 13.2. The molecule has 0 saturated heterocycles. The standard InChI is InChI=1S/C16H14N2O3/c1-20-14-8-12(21-9-11-5-3-2-4-6-11)7-13-15(14)16(19)18-10-17-13/h2-8,10H,9H2,1H3,(H,17,18,19). The van der Waals surface area contributed by atoms with Crippen molar-refractivity contribution in [1.29, 1.82) is 0 Å². The minimum absolute atomic E-state index is 0.230. The molecule has 0 saturated carbocycles. The van der Waals surface area contributed by atoms with Crippen LogP contribution in [0.1, 0.15) is 5.56 Å². The lowest BCUT2D eigenvalue weighted by Crippen LogP contribution is -2.08. The first-order valence-corrected chi connectivity index (χ1v) is 6.50. The number of nitrogens with one attached hydrogen (secondary N) is 1. The second-order valence-corrected chi connectivity index (χ2v) is 4.53. The van der Waals surface area contributed by atoms with Crippen LogP contribution in [0.5, 0.6) is 11.5 Å². The van der Waals surface area contributed by atoms with E-state index in [9.17, 15) is 4.79 Å². The lowest BCUT2D eigenvalue weighted by Gasteiger charge is -2.10. The van der Waals surface area contributed by atoms with Gasteiger partial charge in [-0.15, -0.1) is 0 Å². The molecule has 5 heteroatoms. The Morgan fingerprint density at radius 3 is 2.76 bits per heavy atom. The third kappa shape index (κ3) is 2.72. The highest BCUT2D eigenvalue weighted by Crippen LogP contribution is 2.27. The highest BCUT2D eigenvalue weighted by atomic mass is 16.5. The molecule has 0 bridgehead atoms. The fourth-order valence-corrected chi connectivity index (χ4v) is 2.12. The molecular formula is C16H14N2O3. The van der Waals surface area contributed by atoms with Crippen molar-refractivity contribution < 1.29 is 9.47 Å². The average molecular weight is 282 g/mol. The Labute approximate surface area is 121 Å². The summed E-state index contributed by atoms with van der Waals surface area (Å²) in [5, 5.41) is 0.423. The number of H-pyrrole nitrogens is 1. The Hall–Kier alpha value is -2.82. The van der Waals surface area contributed by atoms with E-state index in [0.717, 1.165) is 5.56 Å². The Bertz CT molecular complexity index is 813. The van der Waals surface area contributed by atoms with Gasteiger partial charge in [0.05, 0.1) is 19.0 Å². The molecule has 1 heterocycles. The van der Waals surface area contributed by atoms with Gasteiger partial charge >= 0.3 is 0 Å². The van der Waals surface area contributed by atoms with Crippen molar-refractivity contribution in [2.45, 2.75) is 6.61 Å². The predicted molar refractivity (Wildman–Crippen MR) is 79.7 cm³/mol. The van der Waals surface area contributed by atoms with Gasteiger partial charge in [0.2, 0.25) is 0 Å². The Kier molecular flexibility index (Phi) is 3.55. The molecule has 0 fully saturated rings. The SMILES string of the molecule is COc1cc(OCc2ccccc2)cc2nc[nH]c(=O)c12. The van der Waals surface area contributed by atoms with Crippen molar-refractivity contribution >= 4 is 10.9 Å². The fourth-order valence-electron chi connectivity index (χ4n) is 2.12. The van der Waals surface area contributed by atoms with Crippen LogP contribution < -0.4 is 15.0 Å². The molecule has 1 aromatic heterocycles. The first-order chi connectivity index (χ1) is 10.3. The highest BCUT2D eigenvalue weighted by Gasteiger charge is 2.10. The van der Waals surface area contributed by atoms with Crippen molar-refractivity contribution in [3.8, 4) is 11.5 Å². The van der Waals surface area contributed by atoms with Gasteiger partial charge in [-0.1, -0.05) is 30.3 Å². The first-order valence-electron chi connectivity index (χ1n) is 6.50. The van der Waals surface area contributed by atoms with E-state index in [1.54, 1.807) is 12.1 Å². The molecular weight excluding hydrogens is 268 g/mol. The molecule has 0 atom stereocenters. The third-order valence-electron chi connectivity index (χ3n) is 3.15. The number of aromatic nitrogens is 2. The second kappa shape index (κ2) is 5.66. The molecule has 0 spiro atoms. The summed E-state index contributed by atoms with van der Waals surface area (Å²) in [5.41, 5.74) is 1.38. The van der Waals surface area contributed by atoms with Gasteiger partial charge in [-0.3, -0.25) is 4.79 Å². The monoisotopic (exact) mass is 282 g/mol. The molecule has 3 aromatic rings. The van der Waals surface area contributed by atoms with Crippen LogP contribution in [-0.2, 0) is 6.61 Å². The van der Waals surface area contributed by atoms with Crippen LogP contribution in [0.4, 0.5) is 0 Å². The largest absolute Gasteiger partial charge is 0.496 e. The van der Waals surface area contributed by atoms with Crippen LogP contribution in [0.15, 0.2) is 53.6 Å². The van der Waals surface area contributed by atoms with Crippen LogP contribution in [0.25, 0.3) is 10.9 Å². The predicted octanol–water partition coefficient (Wildman–Crippen LogP) is 2.51. The topological polar surface area (TPSA) is 64.2 Å². The Balaban J connectivity index is 1.95. The maximum Gasteiger partial charge on any atom is 0.262 e. The van der Waals surface area contributed by atoms with Crippen LogP contribution in [-0.4, -0.2) is 17.1 Å². The molecule has 5 nitrogen and oxygen atoms in total. The summed E-state index contributed by atoms with van der Waals surface area (Å²) in [6, 6.07) is 13.3. The molecule has 2 aromatic carbocycles. The third-order valence-corrected chi connectivity index (χ3v) is 3.15. The second-order valence-electron chi connectivity index (χ2n) is 4.53. The maximum absolute atomic E-state index is 11.8. The van der Waals surface area contributed by atoms with Gasteiger partial charge in [0.1, 0.15) is 23.5 Å². The number of hydrogen-bond acceptors (Lipinski definition) is 4. The van der Waals surface area contributed by atoms with Crippen molar-refractivity contribution in [1.82, 2.24) is 9.97 Å². The molecule has 0 aliphatic carbocycles. The normalized spacial score (nSPS) is 10.5. The van der Waals surface area contributed by atoms with E-state index < -0.39 is 0 Å². The number of methoxy groups -OCH3 is 1. The van der Waals surface area contributed by atoms with Crippen LogP contribution >= 0.6 is 0 Å². The van der Waals surface area contributed by atoms with Crippen LogP contribution in [0.2, 0.25) is 0 Å². The number of fused-ring (bicyclic) bond motifs is 1. The van der Waals surface area contributed by atoms with Crippen LogP contribution in [0, 0.1) is 0 Å². The minimum atomic E-state index is -0.230. The van der Waals surface area contributed by atoms with Gasteiger partial charge in [0.15, 0.2) is 0 Å². The van der Waals surface area contributed by atoms with Gasteiger partial charge < -0.3 is 14.5 Å². The average Bonchev–Trinajstić information content (AvgIpc) is 2.53. The quantitative estimate of drug-likeness (QED) is 0.798. The lowest BCUT2D eigenvalue weighted by atomic mass is 10.2. The summed E-state index contributed by atoms with van der Waals surface area (Å²) < 4.78 is 11.0. The highest BCUT2D eigenvalue weighted by molar-refractivity contribution is 5.85. The summed E-state index contributed by atoms with van der Waals surface area (Å²) in [5.74, 6) is 1.06. The summed E-state index contributed by atoms with van der Waals surface area (Å²) in [7, 11) is 1.52. The molecule has 3 rings (SSSR count). The zero-order valence-corrected chi connectivity index (χ0v) is 11.5. The molecule has 0 amide bonds. The van der Waals surface area contributed by atoms with E-state index in [1.807, 2.05) is 30.3 Å². The zero-order chi connectivity index (χ0) is 14.7. The van der Waals surface area contributed by atoms with Crippen molar-refractivity contribution in [3.05, 3.63) is 64.7 Å². The number of ether oxygens (including phenoxy) is 2. The number of benzene rings is 2. The Morgan fingerprint density at radius 2 is 2.00 bits per heavy atom. The lowest BCUT2D eigenvalue weighted by molar-refractivity contribution is 0.304. The number of aromatic amines is 1. The summed E-state index contributed by atoms with van der Waals surface area (Å²) in [4.78, 5) is 18.5. The summed E-state index contributed by atoms with van der Waals surface area (Å²) in [6.45, 7) is 0.443. The molecule has 0 unspecified atom stereocenters. The van der Waals surface area contributed by atoms with E-state index in [2.05, 4.69) is 9.97 Å². The molecule has 106 valence electrons. The number of hydrogen-bond donors (Lipinski definition) is 1. The van der Waals surface area contributed by atoms with Crippen molar-refractivity contribution in [2.75, 3.05) is 7.11 Å². The van der Waals surface area contributed by atoms with Crippen molar-refractivity contribution in [3.63, 3.8) is 0 Å². The Morgan fingerprint density at radius 1 is 1.19 bits per heavy atom. The molecule has 1 N–H and O–H groups in total. The number of nitrogens with zero attached hydrogens (tertiary/aromatic N) is 1. The van der Waals surface area contributed by atoms with E-state index in [1.165, 1.54) is 13.4 Å². The van der Waals surface area contributed by atoms with E-state index >= 15 is 0 Å². The molecule has 0 radical (unpaired) electrons. The molecule has 0 aliphatic rings. The van der Waals surface area contributed by atoms with E-state index in [-0.39, 0.29) is 5.56 Å². The van der Waals surface area contributed by atoms with E-state index in [4.69, 9.17) is 9.47 Å². The van der Waals surface area contributed by atoms with Gasteiger partial charge in [0.25, 0.3) is 5.56 Å². The van der Waals surface area contributed by atoms with Gasteiger partial charge in [-0.05, 0) is 5.56 Å². The van der Waals surface area contributed by atoms with Gasteiger partial charge in [-0.25, -0.2) is 4.98 Å². The molecule has 0 aliphatic heterocycles. The minimum Gasteiger partial charge on any atom is -0.496 e. The molecule has 21 heavy (non-hydrogen) atoms. The number of rotatable bonds is 4. The van der Waals surface area contributed by atoms with Gasteiger partial charge in [-0.2, -0.15) is 0 Å². The van der Waals surface area contributed by atoms with Crippen molar-refractivity contribution in [2.24, 2.45) is 0 Å². The smallest absolute Gasteiger partial charge is 0.262 e. The summed E-state index contributed by atoms with van der Waals surface area (Å²) in [6.07, 6.45) is 1.37. The van der Waals surface area contributed by atoms with Gasteiger partial charge in [0, 0.05) is 12.1 Å². The summed E-state index contributed by atoms with van der Waals surface area (Å²) >= 11 is 0. The van der Waals surface area contributed by atoms with Crippen LogP contribution in [0.3, 0.4) is 0 Å².